The molecular weight excluding hydrogens is 317 g/mol. The molecule has 0 heterocycles. The predicted octanol–water partition coefficient (Wildman–Crippen LogP) is 2.59. The smallest absolute Gasteiger partial charge is 0.252 e. The minimum absolute atomic E-state index is 0.0193. The van der Waals surface area contributed by atoms with Crippen molar-refractivity contribution in [1.29, 1.82) is 0 Å². The standard InChI is InChI=1S/C17H18FNO3S/c1-2-23(21,22)16-10-6-4-8-14(16)17(20)19-12-11-13-7-3-5-9-15(13)18/h3-10H,2,11-12H2,1H3,(H,19,20). The summed E-state index contributed by atoms with van der Waals surface area (Å²) in [4.78, 5) is 12.3. The van der Waals surface area contributed by atoms with Crippen molar-refractivity contribution in [2.45, 2.75) is 18.2 Å². The molecule has 0 unspecified atom stereocenters. The lowest BCUT2D eigenvalue weighted by Gasteiger charge is -2.10. The number of carbonyl (C=O) groups excluding carboxylic acids is 1. The Hall–Kier alpha value is -2.21. The third kappa shape index (κ3) is 4.16. The van der Waals surface area contributed by atoms with Gasteiger partial charge in [-0.1, -0.05) is 37.3 Å². The fourth-order valence-electron chi connectivity index (χ4n) is 2.19. The lowest BCUT2D eigenvalue weighted by molar-refractivity contribution is 0.0950. The van der Waals surface area contributed by atoms with Crippen LogP contribution in [0, 0.1) is 5.82 Å². The summed E-state index contributed by atoms with van der Waals surface area (Å²) in [5.41, 5.74) is 0.616. The van der Waals surface area contributed by atoms with E-state index in [0.717, 1.165) is 0 Å². The second kappa shape index (κ2) is 7.37. The number of benzene rings is 2. The van der Waals surface area contributed by atoms with Gasteiger partial charge < -0.3 is 5.32 Å². The largest absolute Gasteiger partial charge is 0.352 e. The molecule has 2 rings (SSSR count). The number of carbonyl (C=O) groups is 1. The number of hydrogen-bond donors (Lipinski definition) is 1. The molecule has 0 saturated carbocycles. The molecule has 0 aliphatic heterocycles. The van der Waals surface area contributed by atoms with E-state index in [2.05, 4.69) is 5.32 Å². The number of rotatable bonds is 6. The topological polar surface area (TPSA) is 63.2 Å². The first-order valence-electron chi connectivity index (χ1n) is 7.29. The fourth-order valence-corrected chi connectivity index (χ4v) is 3.28. The Morgan fingerprint density at radius 3 is 2.43 bits per heavy atom. The van der Waals surface area contributed by atoms with Gasteiger partial charge in [0.2, 0.25) is 0 Å². The van der Waals surface area contributed by atoms with Crippen LogP contribution < -0.4 is 5.32 Å². The maximum Gasteiger partial charge on any atom is 0.252 e. The van der Waals surface area contributed by atoms with E-state index in [1.165, 1.54) is 25.1 Å². The first-order valence-corrected chi connectivity index (χ1v) is 8.94. The van der Waals surface area contributed by atoms with Crippen LogP contribution in [0.15, 0.2) is 53.4 Å². The normalized spacial score (nSPS) is 11.2. The monoisotopic (exact) mass is 335 g/mol. The summed E-state index contributed by atoms with van der Waals surface area (Å²) in [6, 6.07) is 12.4. The Morgan fingerprint density at radius 2 is 1.74 bits per heavy atom. The third-order valence-electron chi connectivity index (χ3n) is 3.48. The molecule has 0 radical (unpaired) electrons. The van der Waals surface area contributed by atoms with Gasteiger partial charge in [-0.3, -0.25) is 4.79 Å². The molecule has 0 atom stereocenters. The SMILES string of the molecule is CCS(=O)(=O)c1ccccc1C(=O)NCCc1ccccc1F. The Bertz CT molecular complexity index is 803. The van der Waals surface area contributed by atoms with Crippen LogP contribution >= 0.6 is 0 Å². The van der Waals surface area contributed by atoms with E-state index in [-0.39, 0.29) is 28.6 Å². The van der Waals surface area contributed by atoms with Gasteiger partial charge in [0.15, 0.2) is 9.84 Å². The van der Waals surface area contributed by atoms with Gasteiger partial charge in [0.25, 0.3) is 5.91 Å². The van der Waals surface area contributed by atoms with Crippen molar-refractivity contribution in [2.24, 2.45) is 0 Å². The van der Waals surface area contributed by atoms with Gasteiger partial charge in [-0.15, -0.1) is 0 Å². The maximum absolute atomic E-state index is 13.5. The van der Waals surface area contributed by atoms with Gasteiger partial charge in [-0.25, -0.2) is 12.8 Å². The number of halogens is 1. The van der Waals surface area contributed by atoms with Gasteiger partial charge in [-0.05, 0) is 30.2 Å². The minimum Gasteiger partial charge on any atom is -0.352 e. The van der Waals surface area contributed by atoms with Crippen LogP contribution in [0.4, 0.5) is 4.39 Å². The molecule has 0 fully saturated rings. The molecule has 0 bridgehead atoms. The predicted molar refractivity (Wildman–Crippen MR) is 86.6 cm³/mol. The van der Waals surface area contributed by atoms with E-state index in [1.54, 1.807) is 30.3 Å². The first-order chi connectivity index (χ1) is 11.0. The van der Waals surface area contributed by atoms with Crippen LogP contribution in [-0.4, -0.2) is 26.6 Å². The molecule has 2 aromatic carbocycles. The fraction of sp³-hybridized carbons (Fsp3) is 0.235. The van der Waals surface area contributed by atoms with E-state index in [1.807, 2.05) is 0 Å². The molecule has 0 saturated heterocycles. The van der Waals surface area contributed by atoms with E-state index in [9.17, 15) is 17.6 Å². The van der Waals surface area contributed by atoms with Crippen molar-refractivity contribution < 1.29 is 17.6 Å². The highest BCUT2D eigenvalue weighted by atomic mass is 32.2. The number of sulfone groups is 1. The van der Waals surface area contributed by atoms with Gasteiger partial charge in [0.1, 0.15) is 5.82 Å². The molecule has 0 aliphatic carbocycles. The highest BCUT2D eigenvalue weighted by Crippen LogP contribution is 2.17. The van der Waals surface area contributed by atoms with Gasteiger partial charge in [0.05, 0.1) is 16.2 Å². The van der Waals surface area contributed by atoms with Crippen LogP contribution in [0.1, 0.15) is 22.8 Å². The quantitative estimate of drug-likeness (QED) is 0.882. The van der Waals surface area contributed by atoms with Crippen LogP contribution in [0.2, 0.25) is 0 Å². The zero-order valence-corrected chi connectivity index (χ0v) is 13.6. The summed E-state index contributed by atoms with van der Waals surface area (Å²) in [5, 5.41) is 2.64. The minimum atomic E-state index is -3.48. The molecule has 0 spiro atoms. The van der Waals surface area contributed by atoms with Crippen molar-refractivity contribution in [3.8, 4) is 0 Å². The van der Waals surface area contributed by atoms with Crippen LogP contribution in [0.5, 0.6) is 0 Å². The Kier molecular flexibility index (Phi) is 5.50. The third-order valence-corrected chi connectivity index (χ3v) is 5.27. The molecule has 2 aromatic rings. The summed E-state index contributed by atoms with van der Waals surface area (Å²) in [6.45, 7) is 1.75. The zero-order chi connectivity index (χ0) is 16.9. The Morgan fingerprint density at radius 1 is 1.09 bits per heavy atom. The summed E-state index contributed by atoms with van der Waals surface area (Å²) in [6.07, 6.45) is 0.334. The number of nitrogens with one attached hydrogen (secondary N) is 1. The summed E-state index contributed by atoms with van der Waals surface area (Å²) >= 11 is 0. The molecule has 23 heavy (non-hydrogen) atoms. The van der Waals surface area contributed by atoms with E-state index >= 15 is 0 Å². The molecule has 122 valence electrons. The van der Waals surface area contributed by atoms with Gasteiger partial charge >= 0.3 is 0 Å². The second-order valence-electron chi connectivity index (χ2n) is 5.00. The highest BCUT2D eigenvalue weighted by molar-refractivity contribution is 7.91. The number of hydrogen-bond acceptors (Lipinski definition) is 3. The summed E-state index contributed by atoms with van der Waals surface area (Å²) in [5.74, 6) is -0.878. The van der Waals surface area contributed by atoms with Crippen LogP contribution in [0.3, 0.4) is 0 Å². The Labute approximate surface area is 135 Å². The van der Waals surface area contributed by atoms with Crippen molar-refractivity contribution in [1.82, 2.24) is 5.32 Å². The first kappa shape index (κ1) is 17.1. The molecule has 1 N–H and O–H groups in total. The van der Waals surface area contributed by atoms with Crippen molar-refractivity contribution in [2.75, 3.05) is 12.3 Å². The van der Waals surface area contributed by atoms with Gasteiger partial charge in [0, 0.05) is 6.54 Å². The average Bonchev–Trinajstić information content (AvgIpc) is 2.56. The lowest BCUT2D eigenvalue weighted by Crippen LogP contribution is -2.27. The van der Waals surface area contributed by atoms with Crippen molar-refractivity contribution in [3.05, 3.63) is 65.5 Å². The molecule has 0 aromatic heterocycles. The molecule has 0 aliphatic rings. The summed E-state index contributed by atoms with van der Waals surface area (Å²) in [7, 11) is -3.48. The molecular formula is C17H18FNO3S. The second-order valence-corrected chi connectivity index (χ2v) is 7.24. The van der Waals surface area contributed by atoms with Crippen molar-refractivity contribution in [3.63, 3.8) is 0 Å². The molecule has 4 nitrogen and oxygen atoms in total. The molecule has 6 heteroatoms. The average molecular weight is 335 g/mol. The molecule has 1 amide bonds. The van der Waals surface area contributed by atoms with Gasteiger partial charge in [-0.2, -0.15) is 0 Å². The van der Waals surface area contributed by atoms with E-state index in [4.69, 9.17) is 0 Å². The van der Waals surface area contributed by atoms with Crippen molar-refractivity contribution >= 4 is 15.7 Å². The van der Waals surface area contributed by atoms with Crippen LogP contribution in [0.25, 0.3) is 0 Å². The lowest BCUT2D eigenvalue weighted by atomic mass is 10.1. The summed E-state index contributed by atoms with van der Waals surface area (Å²) < 4.78 is 37.6. The highest BCUT2D eigenvalue weighted by Gasteiger charge is 2.20. The number of amides is 1. The maximum atomic E-state index is 13.5. The van der Waals surface area contributed by atoms with E-state index in [0.29, 0.717) is 12.0 Å². The Balaban J connectivity index is 2.09. The zero-order valence-electron chi connectivity index (χ0n) is 12.8. The van der Waals surface area contributed by atoms with E-state index < -0.39 is 15.7 Å². The van der Waals surface area contributed by atoms with Crippen LogP contribution in [-0.2, 0) is 16.3 Å².